The van der Waals surface area contributed by atoms with Crippen LogP contribution in [0, 0.1) is 64.2 Å². The second kappa shape index (κ2) is 20.1. The number of hydrogen-bond acceptors (Lipinski definition) is 7. The van der Waals surface area contributed by atoms with Crippen molar-refractivity contribution < 1.29 is 14.7 Å². The number of carbonyl (C=O) groups is 2. The number of aromatic nitrogens is 4. The van der Waals surface area contributed by atoms with Gasteiger partial charge in [0, 0.05) is 77.9 Å². The number of rotatable bonds is 8. The van der Waals surface area contributed by atoms with Gasteiger partial charge in [-0.3, -0.25) is 4.79 Å². The number of hydrogen-bond donors (Lipinski definition) is 4. The monoisotopic (exact) mass is 890 g/mol. The molecule has 0 unspecified atom stereocenters. The molecule has 4 aromatic carbocycles. The molecule has 12 heteroatoms. The van der Waals surface area contributed by atoms with Gasteiger partial charge in [-0.15, -0.1) is 12.4 Å². The van der Waals surface area contributed by atoms with E-state index in [-0.39, 0.29) is 25.7 Å². The van der Waals surface area contributed by atoms with Crippen molar-refractivity contribution in [3.8, 4) is 34.7 Å². The first kappa shape index (κ1) is 47.9. The average molecular weight is 892 g/mol. The van der Waals surface area contributed by atoms with Crippen LogP contribution >= 0.6 is 12.4 Å². The molecule has 10 rings (SSSR count). The summed E-state index contributed by atoms with van der Waals surface area (Å²) in [6, 6.07) is 27.6. The Balaban J connectivity index is 0.000000176. The van der Waals surface area contributed by atoms with Crippen molar-refractivity contribution in [1.82, 2.24) is 30.2 Å². The van der Waals surface area contributed by atoms with Crippen LogP contribution in [-0.4, -0.2) is 68.0 Å². The van der Waals surface area contributed by atoms with Crippen LogP contribution in [0.5, 0.6) is 0 Å². The smallest absolute Gasteiger partial charge is 0.335 e. The van der Waals surface area contributed by atoms with Gasteiger partial charge in [-0.25, -0.2) is 14.8 Å². The van der Waals surface area contributed by atoms with E-state index in [2.05, 4.69) is 52.3 Å². The number of amides is 1. The molecule has 2 aliphatic heterocycles. The van der Waals surface area contributed by atoms with Gasteiger partial charge in [-0.1, -0.05) is 43.8 Å². The molecular formula is C53H59ClN8O3. The van der Waals surface area contributed by atoms with E-state index >= 15 is 0 Å². The van der Waals surface area contributed by atoms with Crippen LogP contribution in [0.1, 0.15) is 145 Å². The number of nitrogens with zero attached hydrogens (tertiary/aromatic N) is 5. The van der Waals surface area contributed by atoms with Crippen molar-refractivity contribution >= 4 is 24.3 Å². The minimum atomic E-state index is -0.889. The number of aryl methyl sites for hydroxylation is 6. The average Bonchev–Trinajstić information content (AvgIpc) is 4.18. The van der Waals surface area contributed by atoms with Gasteiger partial charge in [0.2, 0.25) is 0 Å². The molecule has 336 valence electrons. The Labute approximate surface area is 388 Å². The minimum absolute atomic E-state index is 0. The normalized spacial score (nSPS) is 15.2. The maximum atomic E-state index is 13.3. The van der Waals surface area contributed by atoms with Crippen molar-refractivity contribution in [2.75, 3.05) is 26.2 Å². The Bertz CT molecular complexity index is 2780. The Morgan fingerprint density at radius 1 is 0.615 bits per heavy atom. The highest BCUT2D eigenvalue weighted by molar-refractivity contribution is 5.98. The second-order valence-corrected chi connectivity index (χ2v) is 17.7. The number of aromatic carboxylic acids is 1. The molecule has 2 aliphatic carbocycles. The van der Waals surface area contributed by atoms with Gasteiger partial charge in [-0.2, -0.15) is 10.5 Å². The molecule has 0 spiro atoms. The predicted octanol–water partition coefficient (Wildman–Crippen LogP) is 10.9. The van der Waals surface area contributed by atoms with Gasteiger partial charge in [0.25, 0.3) is 5.91 Å². The number of imidazole rings is 2. The molecule has 4 N–H and O–H groups in total. The number of H-pyrrole nitrogens is 2. The molecule has 2 aromatic heterocycles. The van der Waals surface area contributed by atoms with E-state index in [0.717, 1.165) is 92.0 Å². The highest BCUT2D eigenvalue weighted by atomic mass is 35.5. The molecule has 1 amide bonds. The van der Waals surface area contributed by atoms with Crippen LogP contribution in [0.3, 0.4) is 0 Å². The minimum Gasteiger partial charge on any atom is -0.478 e. The number of nitrogens with one attached hydrogen (secondary N) is 3. The van der Waals surface area contributed by atoms with E-state index in [9.17, 15) is 14.7 Å². The van der Waals surface area contributed by atoms with E-state index < -0.39 is 5.97 Å². The third-order valence-corrected chi connectivity index (χ3v) is 12.8. The SMILES string of the molecule is C.Cc1cc(C)c(-c2nc(C3CC3)[nH]c2C)cc1C(=O)N1CC(c2ccc(C#N)cc2)C1.Cc1cc(C)c(-c2nc(C3CC3)[nH]c2C)cc1C(=O)O.Cl.N#Cc1ccc(C2CNC2)cc1. The molecule has 0 bridgehead atoms. The van der Waals surface area contributed by atoms with E-state index in [0.29, 0.717) is 47.9 Å². The first-order chi connectivity index (χ1) is 30.3. The second-order valence-electron chi connectivity index (χ2n) is 17.7. The Morgan fingerprint density at radius 3 is 1.42 bits per heavy atom. The maximum Gasteiger partial charge on any atom is 0.335 e. The fourth-order valence-corrected chi connectivity index (χ4v) is 8.48. The number of carbonyl (C=O) groups excluding carboxylic acids is 1. The van der Waals surface area contributed by atoms with Crippen LogP contribution in [-0.2, 0) is 0 Å². The first-order valence-electron chi connectivity index (χ1n) is 21.9. The van der Waals surface area contributed by atoms with Gasteiger partial charge in [-0.05, 0) is 137 Å². The summed E-state index contributed by atoms with van der Waals surface area (Å²) >= 11 is 0. The lowest BCUT2D eigenvalue weighted by Gasteiger charge is -2.40. The number of carboxylic acids is 1. The molecule has 0 radical (unpaired) electrons. The largest absolute Gasteiger partial charge is 0.478 e. The third-order valence-electron chi connectivity index (χ3n) is 12.8. The first-order valence-corrected chi connectivity index (χ1v) is 21.9. The van der Waals surface area contributed by atoms with E-state index in [1.807, 2.05) is 93.3 Å². The van der Waals surface area contributed by atoms with Gasteiger partial charge in [0.1, 0.15) is 11.6 Å². The third kappa shape index (κ3) is 10.5. The summed E-state index contributed by atoms with van der Waals surface area (Å²) in [4.78, 5) is 42.8. The summed E-state index contributed by atoms with van der Waals surface area (Å²) in [6.45, 7) is 15.5. The van der Waals surface area contributed by atoms with Crippen molar-refractivity contribution in [2.24, 2.45) is 0 Å². The molecular weight excluding hydrogens is 832 g/mol. The van der Waals surface area contributed by atoms with E-state index in [4.69, 9.17) is 15.5 Å². The Hall–Kier alpha value is -6.53. The lowest BCUT2D eigenvalue weighted by molar-refractivity contribution is 0.0601. The highest BCUT2D eigenvalue weighted by Crippen LogP contribution is 2.41. The molecule has 65 heavy (non-hydrogen) atoms. The summed E-state index contributed by atoms with van der Waals surface area (Å²) in [5.74, 6) is 3.43. The maximum absolute atomic E-state index is 13.3. The molecule has 6 aromatic rings. The Kier molecular flexibility index (Phi) is 14.8. The summed E-state index contributed by atoms with van der Waals surface area (Å²) in [7, 11) is 0. The molecule has 4 heterocycles. The number of likely N-dealkylation sites (tertiary alicyclic amines) is 1. The molecule has 2 saturated carbocycles. The number of halogens is 1. The number of benzene rings is 4. The van der Waals surface area contributed by atoms with Gasteiger partial charge >= 0.3 is 5.97 Å². The van der Waals surface area contributed by atoms with Crippen LogP contribution in [0.2, 0.25) is 0 Å². The molecule has 2 saturated heterocycles. The summed E-state index contributed by atoms with van der Waals surface area (Å²) < 4.78 is 0. The lowest BCUT2D eigenvalue weighted by atomic mass is 9.89. The standard InChI is InChI=1S/C26H26N4O.C16H18N2O2.C10H10N2.CH4.ClH/c1-15-10-16(2)23(11-22(15)24-17(3)28-25(29-24)20-8-9-20)26(31)30-13-21(14-30)19-6-4-18(12-27)5-7-19;1-8-6-9(2)13(16(19)20)7-12(8)14-10(3)17-15(18-14)11-4-5-11;11-5-8-1-3-9(4-2-8)10-6-12-7-10;;/h4-7,10-11,20-21H,8-9,13-14H2,1-3H3,(H,28,29);6-7,11H,4-5H2,1-3H3,(H,17,18)(H,19,20);1-4,10,12H,6-7H2;1H4;1H. The summed E-state index contributed by atoms with van der Waals surface area (Å²) in [5.41, 5.74) is 14.9. The predicted molar refractivity (Wildman–Crippen MR) is 258 cm³/mol. The van der Waals surface area contributed by atoms with Crippen molar-refractivity contribution in [1.29, 1.82) is 10.5 Å². The van der Waals surface area contributed by atoms with E-state index in [1.165, 1.54) is 36.8 Å². The number of nitriles is 2. The molecule has 4 fully saturated rings. The van der Waals surface area contributed by atoms with Crippen molar-refractivity contribution in [3.05, 3.63) is 151 Å². The van der Waals surface area contributed by atoms with Crippen LogP contribution in [0.25, 0.3) is 22.5 Å². The highest BCUT2D eigenvalue weighted by Gasteiger charge is 2.34. The van der Waals surface area contributed by atoms with Gasteiger partial charge < -0.3 is 25.3 Å². The summed E-state index contributed by atoms with van der Waals surface area (Å²) in [5, 5.41) is 30.0. The quantitative estimate of drug-likeness (QED) is 0.117. The van der Waals surface area contributed by atoms with Crippen LogP contribution < -0.4 is 5.32 Å². The van der Waals surface area contributed by atoms with Crippen molar-refractivity contribution in [2.45, 2.75) is 98.3 Å². The van der Waals surface area contributed by atoms with Gasteiger partial charge in [0.15, 0.2) is 0 Å². The topological polar surface area (TPSA) is 175 Å². The number of aromatic amines is 2. The van der Waals surface area contributed by atoms with Crippen LogP contribution in [0.15, 0.2) is 72.8 Å². The van der Waals surface area contributed by atoms with Crippen molar-refractivity contribution in [3.63, 3.8) is 0 Å². The molecule has 0 atom stereocenters. The fourth-order valence-electron chi connectivity index (χ4n) is 8.48. The zero-order valence-corrected chi connectivity index (χ0v) is 38.1. The zero-order chi connectivity index (χ0) is 44.5. The van der Waals surface area contributed by atoms with Crippen LogP contribution in [0.4, 0.5) is 0 Å². The summed E-state index contributed by atoms with van der Waals surface area (Å²) in [6.07, 6.45) is 4.80. The van der Waals surface area contributed by atoms with Gasteiger partial charge in [0.05, 0.1) is 40.2 Å². The van der Waals surface area contributed by atoms with E-state index in [1.54, 1.807) is 6.07 Å². The molecule has 11 nitrogen and oxygen atoms in total. The fraction of sp³-hybridized carbons (Fsp3) is 0.358. The lowest BCUT2D eigenvalue weighted by Crippen LogP contribution is -2.48. The number of carboxylic acid groups (broad SMARTS) is 1. The zero-order valence-electron chi connectivity index (χ0n) is 37.3. The molecule has 4 aliphatic rings. The Morgan fingerprint density at radius 2 is 1.03 bits per heavy atom.